The Hall–Kier alpha value is -3.13. The fraction of sp³-hybridized carbons (Fsp3) is 0.118. The molecule has 0 atom stereocenters. The smallest absolute Gasteiger partial charge is 0.270 e. The molecule has 0 spiro atoms. The van der Waals surface area contributed by atoms with E-state index in [9.17, 15) is 9.59 Å². The molecule has 1 fully saturated rings. The van der Waals surface area contributed by atoms with Crippen LogP contribution in [0, 0.1) is 0 Å². The quantitative estimate of drug-likeness (QED) is 0.512. The number of nitrogens with zero attached hydrogens (tertiary/aromatic N) is 1. The Morgan fingerprint density at radius 3 is 2.64 bits per heavy atom. The number of benzene rings is 1. The van der Waals surface area contributed by atoms with Gasteiger partial charge in [0.25, 0.3) is 11.8 Å². The molecule has 1 aliphatic rings. The Labute approximate surface area is 148 Å². The van der Waals surface area contributed by atoms with Crippen LogP contribution in [0.4, 0.5) is 5.69 Å². The van der Waals surface area contributed by atoms with Crippen LogP contribution < -0.4 is 19.7 Å². The van der Waals surface area contributed by atoms with Crippen molar-refractivity contribution in [1.29, 1.82) is 0 Å². The van der Waals surface area contributed by atoms with Gasteiger partial charge in [-0.15, -0.1) is 0 Å². The van der Waals surface area contributed by atoms with E-state index < -0.39 is 11.8 Å². The van der Waals surface area contributed by atoms with Crippen LogP contribution in [0.15, 0.2) is 46.6 Å². The van der Waals surface area contributed by atoms with Gasteiger partial charge in [0.15, 0.2) is 5.11 Å². The molecule has 1 aliphatic heterocycles. The normalized spacial score (nSPS) is 16.2. The summed E-state index contributed by atoms with van der Waals surface area (Å²) in [6.45, 7) is 0. The Morgan fingerprint density at radius 1 is 1.20 bits per heavy atom. The van der Waals surface area contributed by atoms with Gasteiger partial charge in [-0.1, -0.05) is 0 Å². The molecule has 0 aliphatic carbocycles. The van der Waals surface area contributed by atoms with Gasteiger partial charge in [0.2, 0.25) is 0 Å². The van der Waals surface area contributed by atoms with Crippen molar-refractivity contribution < 1.29 is 23.5 Å². The van der Waals surface area contributed by atoms with Gasteiger partial charge in [-0.05, 0) is 42.6 Å². The predicted molar refractivity (Wildman–Crippen MR) is 94.5 cm³/mol. The van der Waals surface area contributed by atoms with Crippen molar-refractivity contribution in [2.24, 2.45) is 0 Å². The van der Waals surface area contributed by atoms with Gasteiger partial charge >= 0.3 is 0 Å². The number of ether oxygens (including phenoxy) is 2. The summed E-state index contributed by atoms with van der Waals surface area (Å²) in [7, 11) is 2.99. The lowest BCUT2D eigenvalue weighted by atomic mass is 10.1. The Balaban J connectivity index is 2.05. The molecular weight excluding hydrogens is 344 g/mol. The third kappa shape index (κ3) is 3.11. The van der Waals surface area contributed by atoms with Crippen LogP contribution in [-0.2, 0) is 9.59 Å². The van der Waals surface area contributed by atoms with Crippen molar-refractivity contribution in [1.82, 2.24) is 5.32 Å². The van der Waals surface area contributed by atoms with Crippen molar-refractivity contribution >= 4 is 40.9 Å². The number of methoxy groups -OCH3 is 2. The molecule has 1 aromatic carbocycles. The van der Waals surface area contributed by atoms with E-state index in [4.69, 9.17) is 26.1 Å². The van der Waals surface area contributed by atoms with E-state index >= 15 is 0 Å². The maximum Gasteiger partial charge on any atom is 0.270 e. The minimum atomic E-state index is -0.588. The molecule has 1 N–H and O–H groups in total. The third-order valence-corrected chi connectivity index (χ3v) is 3.84. The second-order valence-electron chi connectivity index (χ2n) is 5.01. The van der Waals surface area contributed by atoms with E-state index in [0.717, 1.165) is 0 Å². The summed E-state index contributed by atoms with van der Waals surface area (Å²) in [4.78, 5) is 26.2. The zero-order valence-electron chi connectivity index (χ0n) is 13.4. The second kappa shape index (κ2) is 6.78. The van der Waals surface area contributed by atoms with E-state index in [0.29, 0.717) is 22.9 Å². The number of hydrogen-bond acceptors (Lipinski definition) is 6. The highest BCUT2D eigenvalue weighted by Crippen LogP contribution is 2.34. The number of hydrogen-bond donors (Lipinski definition) is 1. The molecular formula is C17H14N2O5S. The lowest BCUT2D eigenvalue weighted by Gasteiger charge is -2.29. The average Bonchev–Trinajstić information content (AvgIpc) is 3.12. The number of amides is 2. The van der Waals surface area contributed by atoms with Crippen LogP contribution in [0.2, 0.25) is 0 Å². The molecule has 8 heteroatoms. The van der Waals surface area contributed by atoms with Crippen LogP contribution in [-0.4, -0.2) is 31.1 Å². The van der Waals surface area contributed by atoms with Crippen molar-refractivity contribution in [3.8, 4) is 11.5 Å². The number of furan rings is 1. The maximum absolute atomic E-state index is 12.9. The van der Waals surface area contributed by atoms with E-state index in [-0.39, 0.29) is 10.7 Å². The monoisotopic (exact) mass is 358 g/mol. The number of nitrogens with one attached hydrogen (secondary N) is 1. The van der Waals surface area contributed by atoms with Crippen molar-refractivity contribution in [2.45, 2.75) is 0 Å². The van der Waals surface area contributed by atoms with E-state index in [2.05, 4.69) is 5.32 Å². The second-order valence-corrected chi connectivity index (χ2v) is 5.40. The lowest BCUT2D eigenvalue weighted by Crippen LogP contribution is -2.54. The molecule has 1 aromatic heterocycles. The largest absolute Gasteiger partial charge is 0.497 e. The third-order valence-electron chi connectivity index (χ3n) is 3.56. The summed E-state index contributed by atoms with van der Waals surface area (Å²) in [6.07, 6.45) is 2.81. The minimum absolute atomic E-state index is 0.0324. The molecule has 0 bridgehead atoms. The van der Waals surface area contributed by atoms with Crippen molar-refractivity contribution in [3.05, 3.63) is 47.9 Å². The summed E-state index contributed by atoms with van der Waals surface area (Å²) < 4.78 is 15.6. The first-order chi connectivity index (χ1) is 12.0. The number of anilines is 1. The average molecular weight is 358 g/mol. The molecule has 3 rings (SSSR count). The summed E-state index contributed by atoms with van der Waals surface area (Å²) in [6, 6.07) is 8.22. The molecule has 2 aromatic rings. The Morgan fingerprint density at radius 2 is 2.00 bits per heavy atom. The standard InChI is InChI=1S/C17H14N2O5S/c1-22-10-5-6-13(14(9-10)23-2)19-16(21)12(15(20)18-17(19)25)8-11-4-3-7-24-11/h3-9H,1-2H3,(H,18,20,25)/b12-8+. The molecule has 128 valence electrons. The lowest BCUT2D eigenvalue weighted by molar-refractivity contribution is -0.122. The molecule has 2 amide bonds. The number of carbonyl (C=O) groups is 2. The predicted octanol–water partition coefficient (Wildman–Crippen LogP) is 2.13. The first-order valence-corrected chi connectivity index (χ1v) is 7.63. The van der Waals surface area contributed by atoms with E-state index in [1.165, 1.54) is 31.5 Å². The molecule has 0 radical (unpaired) electrons. The van der Waals surface area contributed by atoms with E-state index in [1.807, 2.05) is 0 Å². The van der Waals surface area contributed by atoms with Crippen LogP contribution in [0.25, 0.3) is 6.08 Å². The highest BCUT2D eigenvalue weighted by molar-refractivity contribution is 7.80. The van der Waals surface area contributed by atoms with Gasteiger partial charge in [-0.25, -0.2) is 4.90 Å². The Bertz CT molecular complexity index is 873. The SMILES string of the molecule is COc1ccc(N2C(=O)/C(=C/c3ccco3)C(=O)NC2=S)c(OC)c1. The number of rotatable bonds is 4. The fourth-order valence-corrected chi connectivity index (χ4v) is 2.64. The molecule has 25 heavy (non-hydrogen) atoms. The van der Waals surface area contributed by atoms with Gasteiger partial charge in [0.1, 0.15) is 22.8 Å². The van der Waals surface area contributed by atoms with Crippen LogP contribution >= 0.6 is 12.2 Å². The van der Waals surface area contributed by atoms with Crippen molar-refractivity contribution in [3.63, 3.8) is 0 Å². The molecule has 2 heterocycles. The van der Waals surface area contributed by atoms with Crippen LogP contribution in [0.5, 0.6) is 11.5 Å². The number of carbonyl (C=O) groups excluding carboxylic acids is 2. The summed E-state index contributed by atoms with van der Waals surface area (Å²) in [5, 5.41) is 2.47. The summed E-state index contributed by atoms with van der Waals surface area (Å²) in [5.74, 6) is 0.159. The van der Waals surface area contributed by atoms with Gasteiger partial charge in [-0.2, -0.15) is 0 Å². The minimum Gasteiger partial charge on any atom is -0.497 e. The molecule has 1 saturated heterocycles. The zero-order chi connectivity index (χ0) is 18.0. The molecule has 0 saturated carbocycles. The molecule has 7 nitrogen and oxygen atoms in total. The van der Waals surface area contributed by atoms with Gasteiger partial charge in [-0.3, -0.25) is 14.9 Å². The highest BCUT2D eigenvalue weighted by atomic mass is 32.1. The first kappa shape index (κ1) is 16.7. The fourth-order valence-electron chi connectivity index (χ4n) is 2.36. The Kier molecular flexibility index (Phi) is 4.53. The van der Waals surface area contributed by atoms with Gasteiger partial charge < -0.3 is 13.9 Å². The first-order valence-electron chi connectivity index (χ1n) is 7.22. The van der Waals surface area contributed by atoms with E-state index in [1.54, 1.807) is 30.3 Å². The van der Waals surface area contributed by atoms with Crippen LogP contribution in [0.3, 0.4) is 0 Å². The topological polar surface area (TPSA) is 81.0 Å². The molecule has 0 unspecified atom stereocenters. The number of thiocarbonyl (C=S) groups is 1. The van der Waals surface area contributed by atoms with Gasteiger partial charge in [0.05, 0.1) is 26.2 Å². The highest BCUT2D eigenvalue weighted by Gasteiger charge is 2.36. The van der Waals surface area contributed by atoms with Gasteiger partial charge in [0, 0.05) is 6.07 Å². The summed E-state index contributed by atoms with van der Waals surface area (Å²) in [5.41, 5.74) is 0.296. The maximum atomic E-state index is 12.9. The van der Waals surface area contributed by atoms with Crippen LogP contribution in [0.1, 0.15) is 5.76 Å². The zero-order valence-corrected chi connectivity index (χ0v) is 14.3. The summed E-state index contributed by atoms with van der Waals surface area (Å²) >= 11 is 5.17. The van der Waals surface area contributed by atoms with Crippen molar-refractivity contribution in [2.75, 3.05) is 19.1 Å².